The quantitative estimate of drug-likeness (QED) is 0.647. The number of hydrogen-bond acceptors (Lipinski definition) is 5. The number of hydrogen-bond donors (Lipinski definition) is 1. The molecule has 0 aromatic heterocycles. The van der Waals surface area contributed by atoms with E-state index in [0.29, 0.717) is 28.6 Å². The molecular weight excluding hydrogens is 416 g/mol. The number of halogens is 1. The molecule has 0 radical (unpaired) electrons. The number of rotatable bonds is 9. The molecule has 1 atom stereocenters. The van der Waals surface area contributed by atoms with Crippen LogP contribution in [0.15, 0.2) is 42.5 Å². The predicted molar refractivity (Wildman–Crippen MR) is 114 cm³/mol. The second kappa shape index (κ2) is 9.84. The lowest BCUT2D eigenvalue weighted by Crippen LogP contribution is -2.49. The van der Waals surface area contributed by atoms with Crippen LogP contribution in [-0.4, -0.2) is 40.8 Å². The number of ether oxygens (including phenoxy) is 2. The number of carbonyl (C=O) groups is 1. The summed E-state index contributed by atoms with van der Waals surface area (Å²) in [6, 6.07) is 10.7. The molecule has 0 aliphatic heterocycles. The largest absolute Gasteiger partial charge is 0.493 e. The summed E-state index contributed by atoms with van der Waals surface area (Å²) in [5.41, 5.74) is 1.17. The maximum Gasteiger partial charge on any atom is 0.244 e. The zero-order valence-corrected chi connectivity index (χ0v) is 18.4. The number of nitrogens with zero attached hydrogens (tertiary/aromatic N) is 1. The zero-order chi connectivity index (χ0) is 21.6. The topological polar surface area (TPSA) is 84.9 Å². The summed E-state index contributed by atoms with van der Waals surface area (Å²) in [4.78, 5) is 12.9. The summed E-state index contributed by atoms with van der Waals surface area (Å²) in [6.45, 7) is 1.97. The summed E-state index contributed by atoms with van der Waals surface area (Å²) < 4.78 is 36.5. The van der Waals surface area contributed by atoms with E-state index in [1.165, 1.54) is 7.11 Å². The normalized spacial score (nSPS) is 12.2. The Labute approximate surface area is 176 Å². The lowest BCUT2D eigenvalue weighted by molar-refractivity contribution is -0.122. The van der Waals surface area contributed by atoms with E-state index in [1.54, 1.807) is 56.5 Å². The van der Waals surface area contributed by atoms with Gasteiger partial charge in [0.25, 0.3) is 0 Å². The van der Waals surface area contributed by atoms with E-state index in [0.717, 1.165) is 16.1 Å². The molecule has 0 aliphatic carbocycles. The van der Waals surface area contributed by atoms with Crippen LogP contribution >= 0.6 is 11.6 Å². The second-order valence-corrected chi connectivity index (χ2v) is 8.66. The van der Waals surface area contributed by atoms with Gasteiger partial charge in [-0.25, -0.2) is 8.42 Å². The minimum atomic E-state index is -3.70. The number of anilines is 1. The molecule has 0 saturated carbocycles. The van der Waals surface area contributed by atoms with Crippen molar-refractivity contribution in [2.75, 3.05) is 24.8 Å². The van der Waals surface area contributed by atoms with Crippen LogP contribution in [0.5, 0.6) is 11.5 Å². The number of carbonyl (C=O) groups excluding carboxylic acids is 1. The van der Waals surface area contributed by atoms with Gasteiger partial charge >= 0.3 is 0 Å². The fourth-order valence-corrected chi connectivity index (χ4v) is 4.28. The Bertz CT molecular complexity index is 948. The lowest BCUT2D eigenvalue weighted by atomic mass is 10.1. The summed E-state index contributed by atoms with van der Waals surface area (Å²) in [7, 11) is -0.622. The molecule has 2 rings (SSSR count). The van der Waals surface area contributed by atoms with Crippen LogP contribution in [0.2, 0.25) is 5.02 Å². The van der Waals surface area contributed by atoms with Crippen molar-refractivity contribution in [2.24, 2.45) is 0 Å². The Morgan fingerprint density at radius 1 is 1.10 bits per heavy atom. The SMILES string of the molecule is CC[C@@H](C(=O)NCc1ccc(OC)c(OC)c1)N(c1ccc(Cl)cc1)S(C)(=O)=O. The number of methoxy groups -OCH3 is 2. The molecule has 7 nitrogen and oxygen atoms in total. The first-order chi connectivity index (χ1) is 13.7. The molecule has 0 fully saturated rings. The van der Waals surface area contributed by atoms with Crippen LogP contribution in [0.25, 0.3) is 0 Å². The molecule has 0 bridgehead atoms. The van der Waals surface area contributed by atoms with Crippen molar-refractivity contribution >= 4 is 33.2 Å². The molecule has 1 amide bonds. The maximum atomic E-state index is 12.9. The van der Waals surface area contributed by atoms with Gasteiger partial charge in [0, 0.05) is 11.6 Å². The van der Waals surface area contributed by atoms with E-state index >= 15 is 0 Å². The average molecular weight is 441 g/mol. The van der Waals surface area contributed by atoms with Crippen molar-refractivity contribution in [1.82, 2.24) is 5.32 Å². The van der Waals surface area contributed by atoms with Crippen molar-refractivity contribution in [2.45, 2.75) is 25.9 Å². The van der Waals surface area contributed by atoms with Crippen molar-refractivity contribution in [3.63, 3.8) is 0 Å². The third-order valence-corrected chi connectivity index (χ3v) is 5.76. The number of nitrogens with one attached hydrogen (secondary N) is 1. The van der Waals surface area contributed by atoms with E-state index in [-0.39, 0.29) is 6.54 Å². The van der Waals surface area contributed by atoms with Gasteiger partial charge in [0.05, 0.1) is 26.2 Å². The highest BCUT2D eigenvalue weighted by Crippen LogP contribution is 2.28. The summed E-state index contributed by atoms with van der Waals surface area (Å²) in [6.07, 6.45) is 1.37. The Balaban J connectivity index is 2.22. The van der Waals surface area contributed by atoms with Crippen molar-refractivity contribution < 1.29 is 22.7 Å². The van der Waals surface area contributed by atoms with Gasteiger partial charge in [-0.05, 0) is 48.4 Å². The van der Waals surface area contributed by atoms with Gasteiger partial charge in [-0.1, -0.05) is 24.6 Å². The monoisotopic (exact) mass is 440 g/mol. The maximum absolute atomic E-state index is 12.9. The highest BCUT2D eigenvalue weighted by atomic mass is 35.5. The molecule has 0 aliphatic rings. The third-order valence-electron chi connectivity index (χ3n) is 4.33. The van der Waals surface area contributed by atoms with E-state index in [4.69, 9.17) is 21.1 Å². The fraction of sp³-hybridized carbons (Fsp3) is 0.350. The molecule has 0 heterocycles. The van der Waals surface area contributed by atoms with E-state index in [9.17, 15) is 13.2 Å². The Kier molecular flexibility index (Phi) is 7.75. The highest BCUT2D eigenvalue weighted by molar-refractivity contribution is 7.92. The van der Waals surface area contributed by atoms with Gasteiger partial charge in [0.15, 0.2) is 11.5 Å². The van der Waals surface area contributed by atoms with Gasteiger partial charge in [0.2, 0.25) is 15.9 Å². The predicted octanol–water partition coefficient (Wildman–Crippen LogP) is 3.22. The first kappa shape index (κ1) is 22.8. The Morgan fingerprint density at radius 3 is 2.24 bits per heavy atom. The standard InChI is InChI=1S/C20H25ClN2O5S/c1-5-17(23(29(4,25)26)16-9-7-15(21)8-10-16)20(24)22-13-14-6-11-18(27-2)19(12-14)28-3/h6-12,17H,5,13H2,1-4H3,(H,22,24)/t17-/m0/s1. The molecular formula is C20H25ClN2O5S. The lowest BCUT2D eigenvalue weighted by Gasteiger charge is -2.30. The van der Waals surface area contributed by atoms with Crippen molar-refractivity contribution in [3.8, 4) is 11.5 Å². The van der Waals surface area contributed by atoms with Crippen LogP contribution in [0, 0.1) is 0 Å². The zero-order valence-electron chi connectivity index (χ0n) is 16.8. The second-order valence-electron chi connectivity index (χ2n) is 6.37. The summed E-state index contributed by atoms with van der Waals surface area (Å²) >= 11 is 5.90. The van der Waals surface area contributed by atoms with Crippen LogP contribution in [0.3, 0.4) is 0 Å². The first-order valence-corrected chi connectivity index (χ1v) is 11.2. The van der Waals surface area contributed by atoms with Crippen molar-refractivity contribution in [1.29, 1.82) is 0 Å². The molecule has 0 unspecified atom stereocenters. The molecule has 1 N–H and O–H groups in total. The highest BCUT2D eigenvalue weighted by Gasteiger charge is 2.31. The minimum Gasteiger partial charge on any atom is -0.493 e. The Hall–Kier alpha value is -2.45. The van der Waals surface area contributed by atoms with E-state index in [2.05, 4.69) is 5.32 Å². The van der Waals surface area contributed by atoms with Crippen LogP contribution in [-0.2, 0) is 21.4 Å². The van der Waals surface area contributed by atoms with E-state index in [1.807, 2.05) is 0 Å². The summed E-state index contributed by atoms with van der Waals surface area (Å²) in [5, 5.41) is 3.28. The molecule has 0 spiro atoms. The first-order valence-electron chi connectivity index (χ1n) is 8.94. The van der Waals surface area contributed by atoms with Gasteiger partial charge in [0.1, 0.15) is 6.04 Å². The smallest absolute Gasteiger partial charge is 0.244 e. The third kappa shape index (κ3) is 5.77. The molecule has 0 saturated heterocycles. The minimum absolute atomic E-state index is 0.216. The number of sulfonamides is 1. The van der Waals surface area contributed by atoms with Crippen LogP contribution < -0.4 is 19.1 Å². The van der Waals surface area contributed by atoms with Crippen molar-refractivity contribution in [3.05, 3.63) is 53.1 Å². The molecule has 2 aromatic rings. The molecule has 29 heavy (non-hydrogen) atoms. The summed E-state index contributed by atoms with van der Waals surface area (Å²) in [5.74, 6) is 0.730. The van der Waals surface area contributed by atoms with Crippen LogP contribution in [0.4, 0.5) is 5.69 Å². The van der Waals surface area contributed by atoms with Gasteiger partial charge in [-0.2, -0.15) is 0 Å². The van der Waals surface area contributed by atoms with Crippen LogP contribution in [0.1, 0.15) is 18.9 Å². The van der Waals surface area contributed by atoms with Gasteiger partial charge < -0.3 is 14.8 Å². The number of amides is 1. The van der Waals surface area contributed by atoms with E-state index < -0.39 is 22.0 Å². The van der Waals surface area contributed by atoms with Gasteiger partial charge in [-0.3, -0.25) is 9.10 Å². The molecule has 2 aromatic carbocycles. The molecule has 158 valence electrons. The molecule has 9 heteroatoms. The fourth-order valence-electron chi connectivity index (χ4n) is 2.95. The average Bonchev–Trinajstić information content (AvgIpc) is 2.69. The Morgan fingerprint density at radius 2 is 1.72 bits per heavy atom. The number of benzene rings is 2. The van der Waals surface area contributed by atoms with Gasteiger partial charge in [-0.15, -0.1) is 0 Å².